The molecule has 1 amide bonds. The molecule has 0 aliphatic carbocycles. The van der Waals surface area contributed by atoms with Crippen molar-refractivity contribution in [2.75, 3.05) is 5.32 Å². The predicted octanol–water partition coefficient (Wildman–Crippen LogP) is 5.73. The first-order valence-electron chi connectivity index (χ1n) is 6.98. The van der Waals surface area contributed by atoms with Crippen molar-refractivity contribution >= 4 is 65.6 Å². The minimum absolute atomic E-state index is 0.215. The number of benzene rings is 2. The van der Waals surface area contributed by atoms with Gasteiger partial charge in [0.15, 0.2) is 5.13 Å². The van der Waals surface area contributed by atoms with Gasteiger partial charge in [-0.25, -0.2) is 4.98 Å². The molecule has 4 aromatic rings. The van der Waals surface area contributed by atoms with E-state index in [9.17, 15) is 4.79 Å². The van der Waals surface area contributed by atoms with E-state index in [0.717, 1.165) is 25.9 Å². The van der Waals surface area contributed by atoms with Gasteiger partial charge in [0.05, 0.1) is 15.2 Å². The highest BCUT2D eigenvalue weighted by Gasteiger charge is 2.18. The van der Waals surface area contributed by atoms with Gasteiger partial charge in [0.1, 0.15) is 4.88 Å². The van der Waals surface area contributed by atoms with E-state index in [4.69, 9.17) is 11.6 Å². The number of hydrogen-bond acceptors (Lipinski definition) is 4. The molecule has 6 heteroatoms. The largest absolute Gasteiger partial charge is 0.297 e. The number of amides is 1. The van der Waals surface area contributed by atoms with Crippen molar-refractivity contribution in [2.24, 2.45) is 0 Å². The van der Waals surface area contributed by atoms with Gasteiger partial charge in [0.2, 0.25) is 0 Å². The van der Waals surface area contributed by atoms with Crippen molar-refractivity contribution in [1.29, 1.82) is 0 Å². The Morgan fingerprint density at radius 1 is 1.09 bits per heavy atom. The third-order valence-electron chi connectivity index (χ3n) is 3.58. The van der Waals surface area contributed by atoms with Gasteiger partial charge in [0.25, 0.3) is 5.91 Å². The molecule has 2 aromatic heterocycles. The highest BCUT2D eigenvalue weighted by Crippen LogP contribution is 2.36. The first-order chi connectivity index (χ1) is 11.1. The normalized spacial score (nSPS) is 11.2. The number of thiazole rings is 1. The highest BCUT2D eigenvalue weighted by atomic mass is 35.5. The van der Waals surface area contributed by atoms with Crippen LogP contribution in [0.1, 0.15) is 15.2 Å². The summed E-state index contributed by atoms with van der Waals surface area (Å²) in [6.07, 6.45) is 0. The van der Waals surface area contributed by atoms with Crippen molar-refractivity contribution in [2.45, 2.75) is 6.92 Å². The Balaban J connectivity index is 1.70. The Morgan fingerprint density at radius 3 is 2.65 bits per heavy atom. The average molecular weight is 359 g/mol. The molecule has 0 bridgehead atoms. The van der Waals surface area contributed by atoms with Crippen LogP contribution >= 0.6 is 34.3 Å². The summed E-state index contributed by atoms with van der Waals surface area (Å²) < 4.78 is 2.06. The number of nitrogens with zero attached hydrogens (tertiary/aromatic N) is 1. The van der Waals surface area contributed by atoms with E-state index in [0.29, 0.717) is 15.0 Å². The van der Waals surface area contributed by atoms with E-state index in [1.54, 1.807) is 0 Å². The Morgan fingerprint density at radius 2 is 1.87 bits per heavy atom. The Bertz CT molecular complexity index is 1050. The number of aryl methyl sites for hydroxylation is 1. The number of para-hydroxylation sites is 1. The number of anilines is 1. The molecule has 0 saturated carbocycles. The predicted molar refractivity (Wildman–Crippen MR) is 99.1 cm³/mol. The van der Waals surface area contributed by atoms with Crippen molar-refractivity contribution in [1.82, 2.24) is 4.98 Å². The lowest BCUT2D eigenvalue weighted by molar-refractivity contribution is 0.103. The van der Waals surface area contributed by atoms with Crippen LogP contribution in [-0.2, 0) is 0 Å². The third-order valence-corrected chi connectivity index (χ3v) is 6.19. The summed E-state index contributed by atoms with van der Waals surface area (Å²) in [5.74, 6) is -0.215. The van der Waals surface area contributed by atoms with Crippen molar-refractivity contribution < 1.29 is 4.79 Å². The Hall–Kier alpha value is -1.95. The number of carbonyl (C=O) groups is 1. The summed E-state index contributed by atoms with van der Waals surface area (Å²) >= 11 is 9.21. The van der Waals surface area contributed by atoms with Crippen LogP contribution in [0.15, 0.2) is 42.5 Å². The van der Waals surface area contributed by atoms with Crippen molar-refractivity contribution in [3.63, 3.8) is 0 Å². The fourth-order valence-electron chi connectivity index (χ4n) is 2.45. The lowest BCUT2D eigenvalue weighted by Crippen LogP contribution is -2.10. The second kappa shape index (κ2) is 5.60. The molecule has 4 rings (SSSR count). The van der Waals surface area contributed by atoms with Crippen LogP contribution in [0.2, 0.25) is 5.02 Å². The van der Waals surface area contributed by atoms with Gasteiger partial charge < -0.3 is 0 Å². The third kappa shape index (κ3) is 2.51. The number of thiophene rings is 1. The SMILES string of the molecule is Cc1cccc2sc(NC(=O)c3sc4ccccc4c3Cl)nc12. The average Bonchev–Trinajstić information content (AvgIpc) is 3.10. The highest BCUT2D eigenvalue weighted by molar-refractivity contribution is 7.23. The first-order valence-corrected chi connectivity index (χ1v) is 8.99. The number of rotatable bonds is 2. The van der Waals surface area contributed by atoms with E-state index in [-0.39, 0.29) is 5.91 Å². The quantitative estimate of drug-likeness (QED) is 0.497. The van der Waals surface area contributed by atoms with E-state index >= 15 is 0 Å². The molecule has 0 fully saturated rings. The fourth-order valence-corrected chi connectivity index (χ4v) is 4.80. The maximum atomic E-state index is 12.5. The lowest BCUT2D eigenvalue weighted by Gasteiger charge is -1.98. The van der Waals surface area contributed by atoms with Gasteiger partial charge in [0, 0.05) is 10.1 Å². The molecule has 2 aromatic carbocycles. The minimum Gasteiger partial charge on any atom is -0.297 e. The Labute approximate surface area is 145 Å². The van der Waals surface area contributed by atoms with Crippen molar-refractivity contribution in [3.05, 3.63) is 57.9 Å². The minimum atomic E-state index is -0.215. The summed E-state index contributed by atoms with van der Waals surface area (Å²) in [7, 11) is 0. The van der Waals surface area contributed by atoms with Crippen LogP contribution in [0.3, 0.4) is 0 Å². The second-order valence-corrected chi connectivity index (χ2v) is 7.60. The monoisotopic (exact) mass is 358 g/mol. The maximum Gasteiger partial charge on any atom is 0.269 e. The molecular weight excluding hydrogens is 348 g/mol. The number of hydrogen-bond donors (Lipinski definition) is 1. The fraction of sp³-hybridized carbons (Fsp3) is 0.0588. The molecule has 0 radical (unpaired) electrons. The van der Waals surface area contributed by atoms with Gasteiger partial charge >= 0.3 is 0 Å². The van der Waals surface area contributed by atoms with Crippen LogP contribution in [0, 0.1) is 6.92 Å². The first kappa shape index (κ1) is 14.6. The summed E-state index contributed by atoms with van der Waals surface area (Å²) in [5, 5.41) is 4.87. The van der Waals surface area contributed by atoms with Crippen LogP contribution < -0.4 is 5.32 Å². The molecule has 0 saturated heterocycles. The summed E-state index contributed by atoms with van der Waals surface area (Å²) in [6.45, 7) is 2.01. The van der Waals surface area contributed by atoms with Crippen LogP contribution in [-0.4, -0.2) is 10.9 Å². The zero-order valence-electron chi connectivity index (χ0n) is 12.1. The number of nitrogens with one attached hydrogen (secondary N) is 1. The number of carbonyl (C=O) groups excluding carboxylic acids is 1. The topological polar surface area (TPSA) is 42.0 Å². The summed E-state index contributed by atoms with van der Waals surface area (Å²) in [5.41, 5.74) is 2.02. The van der Waals surface area contributed by atoms with Crippen LogP contribution in [0.5, 0.6) is 0 Å². The van der Waals surface area contributed by atoms with Crippen LogP contribution in [0.25, 0.3) is 20.3 Å². The van der Waals surface area contributed by atoms with E-state index in [1.807, 2.05) is 49.4 Å². The zero-order valence-corrected chi connectivity index (χ0v) is 14.5. The van der Waals surface area contributed by atoms with E-state index in [2.05, 4.69) is 10.3 Å². The van der Waals surface area contributed by atoms with E-state index < -0.39 is 0 Å². The van der Waals surface area contributed by atoms with Gasteiger partial charge in [-0.3, -0.25) is 10.1 Å². The molecule has 0 aliphatic heterocycles. The molecule has 2 heterocycles. The molecule has 0 unspecified atom stereocenters. The molecule has 0 aliphatic rings. The second-order valence-electron chi connectivity index (χ2n) is 5.14. The summed E-state index contributed by atoms with van der Waals surface area (Å²) in [6, 6.07) is 13.7. The number of aromatic nitrogens is 1. The van der Waals surface area contributed by atoms with Gasteiger partial charge in [-0.1, -0.05) is 53.3 Å². The smallest absolute Gasteiger partial charge is 0.269 e. The Kier molecular flexibility index (Phi) is 3.56. The van der Waals surface area contributed by atoms with E-state index in [1.165, 1.54) is 22.7 Å². The molecule has 1 N–H and O–H groups in total. The molecular formula is C17H11ClN2OS2. The van der Waals surface area contributed by atoms with Gasteiger partial charge in [-0.05, 0) is 24.6 Å². The molecule has 0 spiro atoms. The molecule has 23 heavy (non-hydrogen) atoms. The number of halogens is 1. The standard InChI is InChI=1S/C17H11ClN2OS2/c1-9-5-4-8-12-14(9)19-17(23-12)20-16(21)15-13(18)10-6-2-3-7-11(10)22-15/h2-8H,1H3,(H,19,20,21). The van der Waals surface area contributed by atoms with Crippen molar-refractivity contribution in [3.8, 4) is 0 Å². The van der Waals surface area contributed by atoms with Crippen LogP contribution in [0.4, 0.5) is 5.13 Å². The lowest BCUT2D eigenvalue weighted by atomic mass is 10.2. The number of fused-ring (bicyclic) bond motifs is 2. The van der Waals surface area contributed by atoms with Gasteiger partial charge in [-0.15, -0.1) is 11.3 Å². The summed E-state index contributed by atoms with van der Waals surface area (Å²) in [4.78, 5) is 17.6. The molecule has 0 atom stereocenters. The zero-order chi connectivity index (χ0) is 16.0. The molecule has 114 valence electrons. The maximum absolute atomic E-state index is 12.5. The molecule has 3 nitrogen and oxygen atoms in total. The van der Waals surface area contributed by atoms with Gasteiger partial charge in [-0.2, -0.15) is 0 Å².